The van der Waals surface area contributed by atoms with Crippen LogP contribution < -0.4 is 16.6 Å². The van der Waals surface area contributed by atoms with E-state index in [0.29, 0.717) is 11.5 Å². The number of benzene rings is 1. The summed E-state index contributed by atoms with van der Waals surface area (Å²) in [7, 11) is 2.93. The SMILES string of the molecule is CC(O)CNc1nc2c(c(=O)n(C)c(=O)n2C)n1Cc1cccc(F)c1. The molecule has 1 aromatic carbocycles. The Labute approximate surface area is 148 Å². The lowest BCUT2D eigenvalue weighted by Crippen LogP contribution is -2.37. The lowest BCUT2D eigenvalue weighted by molar-refractivity contribution is 0.208. The van der Waals surface area contributed by atoms with Gasteiger partial charge in [-0.3, -0.25) is 18.5 Å². The molecule has 0 aliphatic heterocycles. The van der Waals surface area contributed by atoms with Crippen LogP contribution in [0.1, 0.15) is 12.5 Å². The van der Waals surface area contributed by atoms with Crippen LogP contribution >= 0.6 is 0 Å². The number of aromatic nitrogens is 4. The molecule has 0 radical (unpaired) electrons. The predicted octanol–water partition coefficient (Wildman–Crippen LogP) is 0.414. The van der Waals surface area contributed by atoms with Crippen molar-refractivity contribution in [3.8, 4) is 0 Å². The number of halogens is 1. The standard InChI is InChI=1S/C17H20FN5O3/c1-10(24)8-19-16-20-14-13(15(25)22(3)17(26)21(14)2)23(16)9-11-5-4-6-12(18)7-11/h4-7,10,24H,8-9H2,1-3H3,(H,19,20). The van der Waals surface area contributed by atoms with Crippen molar-refractivity contribution in [1.29, 1.82) is 0 Å². The van der Waals surface area contributed by atoms with Crippen LogP contribution in [0, 0.1) is 5.82 Å². The zero-order valence-corrected chi connectivity index (χ0v) is 14.7. The van der Waals surface area contributed by atoms with E-state index in [9.17, 15) is 19.1 Å². The molecule has 0 amide bonds. The van der Waals surface area contributed by atoms with Gasteiger partial charge in [0.25, 0.3) is 5.56 Å². The molecule has 0 saturated carbocycles. The summed E-state index contributed by atoms with van der Waals surface area (Å²) in [6.07, 6.45) is -0.635. The number of aliphatic hydroxyl groups excluding tert-OH is 1. The Kier molecular flexibility index (Phi) is 4.64. The van der Waals surface area contributed by atoms with Gasteiger partial charge in [-0.15, -0.1) is 0 Å². The average Bonchev–Trinajstić information content (AvgIpc) is 2.95. The van der Waals surface area contributed by atoms with Gasteiger partial charge >= 0.3 is 5.69 Å². The smallest absolute Gasteiger partial charge is 0.332 e. The highest BCUT2D eigenvalue weighted by Gasteiger charge is 2.19. The Morgan fingerprint density at radius 2 is 2.00 bits per heavy atom. The van der Waals surface area contributed by atoms with Crippen molar-refractivity contribution in [2.45, 2.75) is 19.6 Å². The van der Waals surface area contributed by atoms with E-state index in [1.165, 1.54) is 30.8 Å². The van der Waals surface area contributed by atoms with Crippen molar-refractivity contribution in [3.05, 3.63) is 56.5 Å². The number of nitrogens with zero attached hydrogens (tertiary/aromatic N) is 4. The molecule has 8 nitrogen and oxygen atoms in total. The number of fused-ring (bicyclic) bond motifs is 1. The van der Waals surface area contributed by atoms with Gasteiger partial charge in [-0.1, -0.05) is 12.1 Å². The van der Waals surface area contributed by atoms with Crippen LogP contribution in [0.5, 0.6) is 0 Å². The van der Waals surface area contributed by atoms with Gasteiger partial charge in [0.05, 0.1) is 12.6 Å². The van der Waals surface area contributed by atoms with Gasteiger partial charge in [0.1, 0.15) is 5.82 Å². The Morgan fingerprint density at radius 3 is 2.65 bits per heavy atom. The van der Waals surface area contributed by atoms with Crippen LogP contribution in [-0.2, 0) is 20.6 Å². The van der Waals surface area contributed by atoms with Gasteiger partial charge in [0.15, 0.2) is 11.2 Å². The van der Waals surface area contributed by atoms with Crippen LogP contribution in [0.4, 0.5) is 10.3 Å². The number of imidazole rings is 1. The van der Waals surface area contributed by atoms with Gasteiger partial charge < -0.3 is 10.4 Å². The van der Waals surface area contributed by atoms with Crippen molar-refractivity contribution in [1.82, 2.24) is 18.7 Å². The highest BCUT2D eigenvalue weighted by Crippen LogP contribution is 2.18. The molecule has 1 atom stereocenters. The van der Waals surface area contributed by atoms with Gasteiger partial charge in [-0.05, 0) is 24.6 Å². The molecule has 0 aliphatic rings. The molecule has 138 valence electrons. The Balaban J connectivity index is 2.24. The molecule has 2 heterocycles. The first-order valence-corrected chi connectivity index (χ1v) is 8.12. The number of rotatable bonds is 5. The number of aliphatic hydroxyl groups is 1. The second-order valence-corrected chi connectivity index (χ2v) is 6.26. The largest absolute Gasteiger partial charge is 0.392 e. The highest BCUT2D eigenvalue weighted by molar-refractivity contribution is 5.74. The molecule has 0 aliphatic carbocycles. The summed E-state index contributed by atoms with van der Waals surface area (Å²) in [5.74, 6) is -0.0609. The highest BCUT2D eigenvalue weighted by atomic mass is 19.1. The minimum Gasteiger partial charge on any atom is -0.392 e. The van der Waals surface area contributed by atoms with E-state index in [-0.39, 0.29) is 30.1 Å². The molecule has 0 saturated heterocycles. The van der Waals surface area contributed by atoms with Crippen molar-refractivity contribution >= 4 is 17.1 Å². The Morgan fingerprint density at radius 1 is 1.27 bits per heavy atom. The number of aryl methyl sites for hydroxylation is 1. The first-order valence-electron chi connectivity index (χ1n) is 8.12. The summed E-state index contributed by atoms with van der Waals surface area (Å²) in [5.41, 5.74) is 0.118. The fraction of sp³-hybridized carbons (Fsp3) is 0.353. The van der Waals surface area contributed by atoms with Crippen LogP contribution in [-0.4, -0.2) is 36.4 Å². The van der Waals surface area contributed by atoms with Crippen molar-refractivity contribution in [3.63, 3.8) is 0 Å². The molecule has 0 spiro atoms. The maximum absolute atomic E-state index is 13.5. The Hall–Kier alpha value is -2.94. The molecule has 26 heavy (non-hydrogen) atoms. The monoisotopic (exact) mass is 361 g/mol. The lowest BCUT2D eigenvalue weighted by Gasteiger charge is -2.12. The Bertz CT molecular complexity index is 1080. The van der Waals surface area contributed by atoms with Gasteiger partial charge in [-0.2, -0.15) is 4.98 Å². The second kappa shape index (κ2) is 6.75. The fourth-order valence-corrected chi connectivity index (χ4v) is 2.79. The van der Waals surface area contributed by atoms with Crippen LogP contribution in [0.2, 0.25) is 0 Å². The lowest BCUT2D eigenvalue weighted by atomic mass is 10.2. The average molecular weight is 361 g/mol. The van der Waals surface area contributed by atoms with E-state index in [1.54, 1.807) is 23.6 Å². The maximum Gasteiger partial charge on any atom is 0.332 e. The zero-order chi connectivity index (χ0) is 19.0. The third-order valence-electron chi connectivity index (χ3n) is 4.13. The van der Waals surface area contributed by atoms with E-state index < -0.39 is 17.4 Å². The predicted molar refractivity (Wildman–Crippen MR) is 95.9 cm³/mol. The summed E-state index contributed by atoms with van der Waals surface area (Å²) in [6.45, 7) is 2.01. The topological polar surface area (TPSA) is 94.1 Å². The van der Waals surface area contributed by atoms with E-state index in [4.69, 9.17) is 0 Å². The molecule has 0 fully saturated rings. The minimum atomic E-state index is -0.635. The summed E-state index contributed by atoms with van der Waals surface area (Å²) in [4.78, 5) is 29.2. The fourth-order valence-electron chi connectivity index (χ4n) is 2.79. The summed E-state index contributed by atoms with van der Waals surface area (Å²) >= 11 is 0. The molecule has 2 aromatic heterocycles. The van der Waals surface area contributed by atoms with E-state index in [2.05, 4.69) is 10.3 Å². The van der Waals surface area contributed by atoms with E-state index in [0.717, 1.165) is 4.57 Å². The summed E-state index contributed by atoms with van der Waals surface area (Å²) in [6, 6.07) is 6.03. The normalized spacial score (nSPS) is 12.5. The summed E-state index contributed by atoms with van der Waals surface area (Å²) < 4.78 is 17.4. The van der Waals surface area contributed by atoms with Crippen LogP contribution in [0.3, 0.4) is 0 Å². The molecular formula is C17H20FN5O3. The van der Waals surface area contributed by atoms with Crippen molar-refractivity contribution in [2.24, 2.45) is 14.1 Å². The molecule has 3 rings (SSSR count). The maximum atomic E-state index is 13.5. The summed E-state index contributed by atoms with van der Waals surface area (Å²) in [5, 5.41) is 12.5. The third kappa shape index (κ3) is 3.13. The molecule has 3 aromatic rings. The second-order valence-electron chi connectivity index (χ2n) is 6.26. The first kappa shape index (κ1) is 17.9. The van der Waals surface area contributed by atoms with Crippen LogP contribution in [0.25, 0.3) is 11.2 Å². The first-order chi connectivity index (χ1) is 12.3. The van der Waals surface area contributed by atoms with Gasteiger partial charge in [0.2, 0.25) is 5.95 Å². The van der Waals surface area contributed by atoms with E-state index in [1.807, 2.05) is 0 Å². The number of hydrogen-bond acceptors (Lipinski definition) is 5. The van der Waals surface area contributed by atoms with Gasteiger partial charge in [-0.25, -0.2) is 9.18 Å². The van der Waals surface area contributed by atoms with Crippen LogP contribution in [0.15, 0.2) is 33.9 Å². The number of hydrogen-bond donors (Lipinski definition) is 2. The van der Waals surface area contributed by atoms with E-state index >= 15 is 0 Å². The zero-order valence-electron chi connectivity index (χ0n) is 14.7. The number of anilines is 1. The molecule has 0 bridgehead atoms. The molecule has 1 unspecified atom stereocenters. The van der Waals surface area contributed by atoms with Crippen molar-refractivity contribution < 1.29 is 9.50 Å². The molecular weight excluding hydrogens is 341 g/mol. The number of nitrogens with one attached hydrogen (secondary N) is 1. The third-order valence-corrected chi connectivity index (χ3v) is 4.13. The molecule has 9 heteroatoms. The van der Waals surface area contributed by atoms with Crippen molar-refractivity contribution in [2.75, 3.05) is 11.9 Å². The van der Waals surface area contributed by atoms with Gasteiger partial charge in [0, 0.05) is 20.6 Å². The minimum absolute atomic E-state index is 0.184. The quantitative estimate of drug-likeness (QED) is 0.687. The molecule has 2 N–H and O–H groups in total.